The van der Waals surface area contributed by atoms with E-state index in [0.29, 0.717) is 19.7 Å². The van der Waals surface area contributed by atoms with Gasteiger partial charge in [0.2, 0.25) is 11.8 Å². The first-order valence-electron chi connectivity index (χ1n) is 9.83. The largest absolute Gasteiger partial charge is 0.383 e. The molecule has 1 aromatic carbocycles. The first-order valence-corrected chi connectivity index (χ1v) is 9.83. The molecule has 29 heavy (non-hydrogen) atoms. The van der Waals surface area contributed by atoms with Gasteiger partial charge in [-0.15, -0.1) is 0 Å². The molecule has 6 nitrogen and oxygen atoms in total. The molecule has 0 atom stereocenters. The lowest BCUT2D eigenvalue weighted by atomic mass is 10.2. The van der Waals surface area contributed by atoms with E-state index in [9.17, 15) is 9.59 Å². The molecule has 2 amide bonds. The van der Waals surface area contributed by atoms with E-state index in [2.05, 4.69) is 0 Å². The zero-order chi connectivity index (χ0) is 21.2. The van der Waals surface area contributed by atoms with Crippen molar-refractivity contribution in [3.8, 4) is 0 Å². The Hall–Kier alpha value is -2.86. The summed E-state index contributed by atoms with van der Waals surface area (Å²) < 4.78 is 7.15. The van der Waals surface area contributed by atoms with Gasteiger partial charge < -0.3 is 19.1 Å². The van der Waals surface area contributed by atoms with Crippen LogP contribution in [0.4, 0.5) is 0 Å². The number of aryl methyl sites for hydroxylation is 1. The highest BCUT2D eigenvalue weighted by Gasteiger charge is 2.22. The van der Waals surface area contributed by atoms with Crippen LogP contribution in [0, 0.1) is 0 Å². The number of ether oxygens (including phenoxy) is 1. The van der Waals surface area contributed by atoms with Crippen LogP contribution in [-0.4, -0.2) is 59.0 Å². The third kappa shape index (κ3) is 6.91. The Morgan fingerprint density at radius 1 is 1.14 bits per heavy atom. The Morgan fingerprint density at radius 2 is 1.86 bits per heavy atom. The molecule has 0 aliphatic carbocycles. The fraction of sp³-hybridized carbons (Fsp3) is 0.391. The lowest BCUT2D eigenvalue weighted by Gasteiger charge is -2.29. The molecule has 0 saturated heterocycles. The normalized spacial score (nSPS) is 11.2. The minimum atomic E-state index is -0.178. The molecule has 2 rings (SSSR count). The van der Waals surface area contributed by atoms with Crippen molar-refractivity contribution in [1.29, 1.82) is 0 Å². The van der Waals surface area contributed by atoms with Gasteiger partial charge in [-0.3, -0.25) is 9.59 Å². The standard InChI is InChI=1S/C23H31N3O3/c1-19(2)26(22(27)13-12-20-9-6-5-7-10-20)18-23(28)25(15-16-29-4)17-21-11-8-14-24(21)3/h5-14,19H,15-18H2,1-4H3/b13-12+. The van der Waals surface area contributed by atoms with Gasteiger partial charge in [0.1, 0.15) is 6.54 Å². The van der Waals surface area contributed by atoms with Gasteiger partial charge in [-0.05, 0) is 37.6 Å². The van der Waals surface area contributed by atoms with Crippen LogP contribution in [0.1, 0.15) is 25.1 Å². The van der Waals surface area contributed by atoms with Crippen LogP contribution in [0.15, 0.2) is 54.7 Å². The van der Waals surface area contributed by atoms with Crippen LogP contribution >= 0.6 is 0 Å². The van der Waals surface area contributed by atoms with Crippen molar-refractivity contribution < 1.29 is 14.3 Å². The van der Waals surface area contributed by atoms with E-state index < -0.39 is 0 Å². The zero-order valence-electron chi connectivity index (χ0n) is 17.7. The molecular weight excluding hydrogens is 366 g/mol. The monoisotopic (exact) mass is 397 g/mol. The molecule has 1 aromatic heterocycles. The zero-order valence-corrected chi connectivity index (χ0v) is 17.7. The van der Waals surface area contributed by atoms with E-state index in [-0.39, 0.29) is 24.4 Å². The fourth-order valence-corrected chi connectivity index (χ4v) is 2.94. The summed E-state index contributed by atoms with van der Waals surface area (Å²) in [7, 11) is 3.57. The predicted octanol–water partition coefficient (Wildman–Crippen LogP) is 2.95. The van der Waals surface area contributed by atoms with Gasteiger partial charge in [-0.1, -0.05) is 30.3 Å². The van der Waals surface area contributed by atoms with E-state index in [1.165, 1.54) is 6.08 Å². The van der Waals surface area contributed by atoms with Crippen LogP contribution in [0.25, 0.3) is 6.08 Å². The van der Waals surface area contributed by atoms with E-state index in [1.807, 2.05) is 74.1 Å². The number of carbonyl (C=O) groups excluding carboxylic acids is 2. The molecule has 0 N–H and O–H groups in total. The van der Waals surface area contributed by atoms with Crippen LogP contribution in [-0.2, 0) is 27.9 Å². The minimum absolute atomic E-state index is 0.0315. The topological polar surface area (TPSA) is 54.8 Å². The lowest BCUT2D eigenvalue weighted by Crippen LogP contribution is -2.46. The smallest absolute Gasteiger partial charge is 0.247 e. The highest BCUT2D eigenvalue weighted by atomic mass is 16.5. The molecule has 6 heteroatoms. The average molecular weight is 398 g/mol. The van der Waals surface area contributed by atoms with Gasteiger partial charge in [0, 0.05) is 44.7 Å². The maximum Gasteiger partial charge on any atom is 0.247 e. The number of benzene rings is 1. The first kappa shape index (κ1) is 22.4. The number of aromatic nitrogens is 1. The second-order valence-corrected chi connectivity index (χ2v) is 7.22. The molecule has 156 valence electrons. The Morgan fingerprint density at radius 3 is 2.45 bits per heavy atom. The second-order valence-electron chi connectivity index (χ2n) is 7.22. The molecule has 0 radical (unpaired) electrons. The molecule has 0 aliphatic rings. The summed E-state index contributed by atoms with van der Waals surface area (Å²) in [6.45, 7) is 5.26. The Labute approximate surface area is 173 Å². The molecular formula is C23H31N3O3. The predicted molar refractivity (Wildman–Crippen MR) is 115 cm³/mol. The Balaban J connectivity index is 2.09. The SMILES string of the molecule is COCCN(Cc1cccn1C)C(=O)CN(C(=O)/C=C/c1ccccc1)C(C)C. The van der Waals surface area contributed by atoms with Gasteiger partial charge in [0.15, 0.2) is 0 Å². The summed E-state index contributed by atoms with van der Waals surface area (Å²) in [5, 5.41) is 0. The van der Waals surface area contributed by atoms with Gasteiger partial charge in [0.25, 0.3) is 0 Å². The van der Waals surface area contributed by atoms with Crippen LogP contribution < -0.4 is 0 Å². The van der Waals surface area contributed by atoms with Crippen LogP contribution in [0.3, 0.4) is 0 Å². The van der Waals surface area contributed by atoms with Crippen molar-refractivity contribution in [2.75, 3.05) is 26.8 Å². The number of carbonyl (C=O) groups is 2. The molecule has 0 aliphatic heterocycles. The minimum Gasteiger partial charge on any atom is -0.383 e. The number of hydrogen-bond acceptors (Lipinski definition) is 3. The molecule has 0 fully saturated rings. The summed E-state index contributed by atoms with van der Waals surface area (Å²) >= 11 is 0. The number of methoxy groups -OCH3 is 1. The number of hydrogen-bond donors (Lipinski definition) is 0. The summed E-state index contributed by atoms with van der Waals surface area (Å²) in [6.07, 6.45) is 5.25. The van der Waals surface area contributed by atoms with E-state index in [1.54, 1.807) is 23.0 Å². The van der Waals surface area contributed by atoms with Crippen molar-refractivity contribution >= 4 is 17.9 Å². The number of amides is 2. The Bertz CT molecular complexity index is 812. The van der Waals surface area contributed by atoms with E-state index in [4.69, 9.17) is 4.74 Å². The van der Waals surface area contributed by atoms with E-state index in [0.717, 1.165) is 11.3 Å². The third-order valence-electron chi connectivity index (χ3n) is 4.75. The average Bonchev–Trinajstić information content (AvgIpc) is 3.12. The number of rotatable bonds is 10. The first-order chi connectivity index (χ1) is 13.9. The van der Waals surface area contributed by atoms with Gasteiger partial charge in [-0.25, -0.2) is 0 Å². The summed E-state index contributed by atoms with van der Waals surface area (Å²) in [5.41, 5.74) is 1.97. The molecule has 1 heterocycles. The highest BCUT2D eigenvalue weighted by molar-refractivity contribution is 5.94. The van der Waals surface area contributed by atoms with E-state index >= 15 is 0 Å². The maximum atomic E-state index is 13.0. The molecule has 0 bridgehead atoms. The Kier molecular flexibility index (Phi) is 8.68. The summed E-state index contributed by atoms with van der Waals surface area (Å²) in [5.74, 6) is -0.277. The van der Waals surface area contributed by atoms with Gasteiger partial charge in [-0.2, -0.15) is 0 Å². The third-order valence-corrected chi connectivity index (χ3v) is 4.75. The van der Waals surface area contributed by atoms with Crippen molar-refractivity contribution in [3.05, 3.63) is 66.0 Å². The highest BCUT2D eigenvalue weighted by Crippen LogP contribution is 2.09. The molecule has 0 spiro atoms. The number of nitrogens with zero attached hydrogens (tertiary/aromatic N) is 3. The van der Waals surface area contributed by atoms with Crippen LogP contribution in [0.5, 0.6) is 0 Å². The van der Waals surface area contributed by atoms with Gasteiger partial charge in [0.05, 0.1) is 13.2 Å². The fourth-order valence-electron chi connectivity index (χ4n) is 2.94. The second kappa shape index (κ2) is 11.2. The molecule has 0 saturated carbocycles. The van der Waals surface area contributed by atoms with Crippen molar-refractivity contribution in [1.82, 2.24) is 14.4 Å². The summed E-state index contributed by atoms with van der Waals surface area (Å²) in [4.78, 5) is 29.1. The van der Waals surface area contributed by atoms with Crippen molar-refractivity contribution in [2.45, 2.75) is 26.4 Å². The maximum absolute atomic E-state index is 13.0. The molecule has 2 aromatic rings. The van der Waals surface area contributed by atoms with Gasteiger partial charge >= 0.3 is 0 Å². The van der Waals surface area contributed by atoms with Crippen molar-refractivity contribution in [2.24, 2.45) is 7.05 Å². The quantitative estimate of drug-likeness (QED) is 0.579. The summed E-state index contributed by atoms with van der Waals surface area (Å²) in [6, 6.07) is 13.5. The lowest BCUT2D eigenvalue weighted by molar-refractivity contribution is -0.140. The molecule has 0 unspecified atom stereocenters. The van der Waals surface area contributed by atoms with Crippen molar-refractivity contribution in [3.63, 3.8) is 0 Å². The van der Waals surface area contributed by atoms with Crippen LogP contribution in [0.2, 0.25) is 0 Å².